The zero-order chi connectivity index (χ0) is 25.1. The molecular weight excluding hydrogens is 751 g/mol. The van der Waals surface area contributed by atoms with E-state index in [-0.39, 0.29) is 0 Å². The van der Waals surface area contributed by atoms with Gasteiger partial charge in [0.1, 0.15) is 0 Å². The highest BCUT2D eigenvalue weighted by Gasteiger charge is 2.83. The quantitative estimate of drug-likeness (QED) is 0.218. The lowest BCUT2D eigenvalue weighted by molar-refractivity contribution is 0.193. The van der Waals surface area contributed by atoms with E-state index in [0.717, 1.165) is 0 Å². The normalized spacial score (nSPS) is 47.0. The molecule has 4 unspecified atom stereocenters. The van der Waals surface area contributed by atoms with Crippen molar-refractivity contribution in [3.05, 3.63) is 0 Å². The molecule has 2 aliphatic rings. The highest BCUT2D eigenvalue weighted by Crippen LogP contribution is 2.74. The SMILES string of the molecule is NC1(Cl)C(Cl)(Cl)C(Cl)(Cl)CC(Cl)(CC2(Cl)CC(Cl)(Cl)C(Cl)(Cl)C(N)(Cl)C2(Cl)Cl)C1(Cl)Cl. The molecule has 0 bridgehead atoms. The van der Waals surface area contributed by atoms with Crippen LogP contribution < -0.4 is 11.5 Å². The van der Waals surface area contributed by atoms with Gasteiger partial charge in [-0.3, -0.25) is 0 Å². The predicted molar refractivity (Wildman–Crippen MR) is 143 cm³/mol. The Balaban J connectivity index is 2.70. The van der Waals surface area contributed by atoms with Gasteiger partial charge in [-0.25, -0.2) is 0 Å². The van der Waals surface area contributed by atoms with Crippen LogP contribution in [0.5, 0.6) is 0 Å². The first kappa shape index (κ1) is 31.8. The molecule has 0 aromatic heterocycles. The Hall–Kier alpha value is 4.56. The Morgan fingerprint density at radius 3 is 0.871 bits per heavy atom. The monoisotopic (exact) mass is 754 g/mol. The molecule has 31 heavy (non-hydrogen) atoms. The van der Waals surface area contributed by atoms with Gasteiger partial charge in [-0.05, 0) is 6.42 Å². The van der Waals surface area contributed by atoms with Crippen molar-refractivity contribution in [2.24, 2.45) is 11.5 Å². The van der Waals surface area contributed by atoms with Crippen LogP contribution in [0.3, 0.4) is 0 Å². The van der Waals surface area contributed by atoms with E-state index < -0.39 is 65.0 Å². The van der Waals surface area contributed by atoms with Crippen molar-refractivity contribution < 1.29 is 0 Å². The van der Waals surface area contributed by atoms with Crippen molar-refractivity contribution in [2.45, 2.75) is 65.0 Å². The lowest BCUT2D eigenvalue weighted by Crippen LogP contribution is -2.80. The van der Waals surface area contributed by atoms with E-state index in [9.17, 15) is 0 Å². The molecule has 2 nitrogen and oxygen atoms in total. The maximum atomic E-state index is 6.82. The Labute approximate surface area is 259 Å². The Bertz CT molecular complexity index is 699. The number of halogens is 16. The van der Waals surface area contributed by atoms with Crippen molar-refractivity contribution in [1.29, 1.82) is 0 Å². The van der Waals surface area contributed by atoms with Gasteiger partial charge in [0.2, 0.25) is 0 Å². The predicted octanol–water partition coefficient (Wildman–Crippen LogP) is 8.97. The molecule has 0 aromatic rings. The van der Waals surface area contributed by atoms with E-state index in [4.69, 9.17) is 197 Å². The van der Waals surface area contributed by atoms with E-state index in [2.05, 4.69) is 0 Å². The van der Waals surface area contributed by atoms with E-state index in [1.807, 2.05) is 0 Å². The van der Waals surface area contributed by atoms with E-state index in [0.29, 0.717) is 0 Å². The molecule has 2 saturated carbocycles. The molecular formula is C13H10Cl16N2. The average Bonchev–Trinajstić information content (AvgIpc) is 2.50. The van der Waals surface area contributed by atoms with E-state index in [1.165, 1.54) is 0 Å². The lowest BCUT2D eigenvalue weighted by Gasteiger charge is -2.63. The Morgan fingerprint density at radius 2 is 0.645 bits per heavy atom. The molecule has 184 valence electrons. The van der Waals surface area contributed by atoms with Crippen LogP contribution in [0.25, 0.3) is 0 Å². The second kappa shape index (κ2) is 8.53. The minimum Gasteiger partial charge on any atom is -0.308 e. The standard InChI is InChI=1S/C13H10Cl16N2/c14-4(2-6(16,17)10(24,25)12(28,30)8(4,20)21)1-5(15)3-7(18,19)11(26,27)13(29,31)9(5,22)23/h1-3,30-31H2. The summed E-state index contributed by atoms with van der Waals surface area (Å²) < 4.78 is -13.5. The van der Waals surface area contributed by atoms with Crippen LogP contribution in [-0.2, 0) is 0 Å². The highest BCUT2D eigenvalue weighted by atomic mass is 35.6. The zero-order valence-corrected chi connectivity index (χ0v) is 26.4. The number of hydrogen-bond acceptors (Lipinski definition) is 2. The zero-order valence-electron chi connectivity index (χ0n) is 14.3. The fraction of sp³-hybridized carbons (Fsp3) is 1.00. The molecule has 2 fully saturated rings. The molecule has 0 spiro atoms. The summed E-state index contributed by atoms with van der Waals surface area (Å²) in [6.45, 7) is 0. The maximum Gasteiger partial charge on any atom is 0.185 e. The molecule has 0 aromatic carbocycles. The van der Waals surface area contributed by atoms with Crippen molar-refractivity contribution in [3.63, 3.8) is 0 Å². The van der Waals surface area contributed by atoms with Gasteiger partial charge < -0.3 is 11.5 Å². The van der Waals surface area contributed by atoms with Crippen molar-refractivity contribution in [1.82, 2.24) is 0 Å². The number of nitrogens with two attached hydrogens (primary N) is 2. The molecule has 0 heterocycles. The number of rotatable bonds is 2. The van der Waals surface area contributed by atoms with Gasteiger partial charge >= 0.3 is 0 Å². The van der Waals surface area contributed by atoms with Gasteiger partial charge in [0.25, 0.3) is 0 Å². The summed E-state index contributed by atoms with van der Waals surface area (Å²) in [5, 5.41) is 0. The first-order valence-corrected chi connectivity index (χ1v) is 13.8. The smallest absolute Gasteiger partial charge is 0.185 e. The maximum absolute atomic E-state index is 6.82. The summed E-state index contributed by atoms with van der Waals surface area (Å²) in [5.74, 6) is 0. The summed E-state index contributed by atoms with van der Waals surface area (Å²) in [7, 11) is 0. The third-order valence-corrected chi connectivity index (χ3v) is 16.4. The highest BCUT2D eigenvalue weighted by molar-refractivity contribution is 6.71. The van der Waals surface area contributed by atoms with E-state index >= 15 is 0 Å². The van der Waals surface area contributed by atoms with E-state index in [1.54, 1.807) is 0 Å². The summed E-state index contributed by atoms with van der Waals surface area (Å²) in [6.07, 6.45) is -1.64. The van der Waals surface area contributed by atoms with Gasteiger partial charge in [0, 0.05) is 12.8 Å². The van der Waals surface area contributed by atoms with Gasteiger partial charge in [-0.1, -0.05) is 162 Å². The summed E-state index contributed by atoms with van der Waals surface area (Å²) in [5.41, 5.74) is 12.2. The topological polar surface area (TPSA) is 52.0 Å². The van der Waals surface area contributed by atoms with Crippen molar-refractivity contribution >= 4 is 186 Å². The summed E-state index contributed by atoms with van der Waals surface area (Å²) in [6, 6.07) is 0. The van der Waals surface area contributed by atoms with Crippen LogP contribution in [-0.4, -0.2) is 45.7 Å². The van der Waals surface area contributed by atoms with Crippen LogP contribution in [0.15, 0.2) is 0 Å². The van der Waals surface area contributed by atoms with Gasteiger partial charge in [-0.2, -0.15) is 0 Å². The molecule has 18 heteroatoms. The minimum atomic E-state index is -2.44. The Morgan fingerprint density at radius 1 is 0.419 bits per heavy atom. The minimum absolute atomic E-state index is 0.529. The van der Waals surface area contributed by atoms with Crippen LogP contribution in [0.1, 0.15) is 19.3 Å². The van der Waals surface area contributed by atoms with Gasteiger partial charge in [-0.15, -0.1) is 23.2 Å². The van der Waals surface area contributed by atoms with Crippen molar-refractivity contribution in [2.75, 3.05) is 0 Å². The third-order valence-electron chi connectivity index (χ3n) is 5.44. The first-order valence-electron chi connectivity index (χ1n) is 7.72. The molecule has 0 radical (unpaired) electrons. The number of hydrogen-bond donors (Lipinski definition) is 2. The molecule has 4 atom stereocenters. The van der Waals surface area contributed by atoms with Crippen LogP contribution in [0.2, 0.25) is 0 Å². The van der Waals surface area contributed by atoms with Crippen LogP contribution in [0.4, 0.5) is 0 Å². The molecule has 0 saturated heterocycles. The second-order valence-corrected chi connectivity index (χ2v) is 18.5. The average molecular weight is 761 g/mol. The largest absolute Gasteiger partial charge is 0.308 e. The number of alkyl halides is 16. The van der Waals surface area contributed by atoms with Gasteiger partial charge in [0.05, 0.1) is 9.75 Å². The fourth-order valence-corrected chi connectivity index (χ4v) is 9.82. The van der Waals surface area contributed by atoms with Gasteiger partial charge in [0.15, 0.2) is 36.0 Å². The summed E-state index contributed by atoms with van der Waals surface area (Å²) >= 11 is 103. The molecule has 0 aliphatic heterocycles. The Kier molecular flexibility index (Phi) is 8.74. The summed E-state index contributed by atoms with van der Waals surface area (Å²) in [4.78, 5) is -8.92. The molecule has 2 rings (SSSR count). The second-order valence-electron chi connectivity index (χ2n) is 7.59. The lowest BCUT2D eigenvalue weighted by atomic mass is 9.71. The first-order chi connectivity index (χ1) is 13.1. The molecule has 4 N–H and O–H groups in total. The molecule has 2 aliphatic carbocycles. The van der Waals surface area contributed by atoms with Crippen LogP contribution >= 0.6 is 186 Å². The van der Waals surface area contributed by atoms with Crippen LogP contribution in [0, 0.1) is 0 Å². The molecule has 0 amide bonds. The van der Waals surface area contributed by atoms with Crippen molar-refractivity contribution in [3.8, 4) is 0 Å². The fourth-order valence-electron chi connectivity index (χ4n) is 3.52. The third kappa shape index (κ3) is 4.10.